The predicted octanol–water partition coefficient (Wildman–Crippen LogP) is 6.07. The molecule has 0 N–H and O–H groups in total. The van der Waals surface area contributed by atoms with Crippen molar-refractivity contribution in [1.29, 1.82) is 0 Å². The Morgan fingerprint density at radius 1 is 0.933 bits per heavy atom. The molecule has 0 amide bonds. The van der Waals surface area contributed by atoms with E-state index in [0.29, 0.717) is 5.02 Å². The van der Waals surface area contributed by atoms with Gasteiger partial charge in [0.05, 0.1) is 11.8 Å². The molecule has 0 aromatic heterocycles. The second-order valence-electron chi connectivity index (χ2n) is 7.42. The van der Waals surface area contributed by atoms with Gasteiger partial charge in [0.15, 0.2) is 11.5 Å². The molecule has 0 spiro atoms. The van der Waals surface area contributed by atoms with Gasteiger partial charge in [-0.3, -0.25) is 0 Å². The third kappa shape index (κ3) is 2.94. The van der Waals surface area contributed by atoms with Gasteiger partial charge in [-0.05, 0) is 48.5 Å². The minimum Gasteiger partial charge on any atom is -0.464 e. The molecule has 0 saturated carbocycles. The summed E-state index contributed by atoms with van der Waals surface area (Å²) in [5, 5.41) is 7.72. The highest BCUT2D eigenvalue weighted by Crippen LogP contribution is 2.48. The fraction of sp³-hybridized carbons (Fsp3) is 0.174. The maximum atomic E-state index is 6.39. The zero-order valence-electron chi connectivity index (χ0n) is 15.7. The zero-order chi connectivity index (χ0) is 20.2. The Morgan fingerprint density at radius 2 is 1.73 bits per heavy atom. The molecule has 3 aromatic rings. The number of ether oxygens (including phenoxy) is 3. The van der Waals surface area contributed by atoms with E-state index in [4.69, 9.17) is 30.9 Å². The quantitative estimate of drug-likeness (QED) is 0.443. The minimum absolute atomic E-state index is 0.0431. The second kappa shape index (κ2) is 6.93. The minimum atomic E-state index is -0.316. The monoisotopic (exact) mass is 482 g/mol. The number of fused-ring (bicyclic) bond motifs is 4. The number of hydrazone groups is 1. The van der Waals surface area contributed by atoms with Crippen molar-refractivity contribution in [3.63, 3.8) is 0 Å². The van der Waals surface area contributed by atoms with Crippen LogP contribution < -0.4 is 14.2 Å². The van der Waals surface area contributed by atoms with E-state index in [1.165, 1.54) is 0 Å². The number of halogens is 2. The Morgan fingerprint density at radius 3 is 2.60 bits per heavy atom. The van der Waals surface area contributed by atoms with Crippen molar-refractivity contribution >= 4 is 33.2 Å². The maximum Gasteiger partial charge on any atom is 0.231 e. The summed E-state index contributed by atoms with van der Waals surface area (Å²) < 4.78 is 18.4. The lowest BCUT2D eigenvalue weighted by molar-refractivity contribution is -0.0190. The molecule has 0 bridgehead atoms. The molecule has 7 heteroatoms. The number of rotatable bonds is 2. The summed E-state index contributed by atoms with van der Waals surface area (Å²) >= 11 is 9.81. The molecule has 3 heterocycles. The van der Waals surface area contributed by atoms with Crippen LogP contribution in [0.4, 0.5) is 0 Å². The van der Waals surface area contributed by atoms with Gasteiger partial charge < -0.3 is 14.2 Å². The molecule has 30 heavy (non-hydrogen) atoms. The van der Waals surface area contributed by atoms with Crippen molar-refractivity contribution in [2.75, 3.05) is 6.79 Å². The lowest BCUT2D eigenvalue weighted by atomic mass is 9.95. The molecule has 3 aliphatic rings. The van der Waals surface area contributed by atoms with Crippen molar-refractivity contribution < 1.29 is 14.2 Å². The van der Waals surface area contributed by atoms with E-state index in [0.717, 1.165) is 50.5 Å². The third-order valence-electron chi connectivity index (χ3n) is 5.61. The smallest absolute Gasteiger partial charge is 0.231 e. The molecule has 2 unspecified atom stereocenters. The molecule has 0 fully saturated rings. The van der Waals surface area contributed by atoms with Crippen LogP contribution in [0, 0.1) is 0 Å². The zero-order valence-corrected chi connectivity index (χ0v) is 18.1. The van der Waals surface area contributed by atoms with E-state index in [1.807, 2.05) is 53.5 Å². The first-order chi connectivity index (χ1) is 14.7. The summed E-state index contributed by atoms with van der Waals surface area (Å²) in [6.07, 6.45) is 0.437. The van der Waals surface area contributed by atoms with E-state index in [1.54, 1.807) is 0 Å². The standard InChI is InChI=1S/C23H16BrClN2O3/c24-15-4-1-13(2-5-15)23-27-19(17-10-16(25)6-8-20(17)30-23)11-18(26-27)14-3-7-21-22(9-14)29-12-28-21/h1-10,19,23H,11-12H2. The number of nitrogens with zero attached hydrogens (tertiary/aromatic N) is 2. The van der Waals surface area contributed by atoms with Crippen LogP contribution in [0.5, 0.6) is 17.2 Å². The van der Waals surface area contributed by atoms with E-state index in [-0.39, 0.29) is 19.1 Å². The van der Waals surface area contributed by atoms with Crippen molar-refractivity contribution in [3.8, 4) is 17.2 Å². The first-order valence-electron chi connectivity index (χ1n) is 9.63. The Kier molecular flexibility index (Phi) is 4.18. The van der Waals surface area contributed by atoms with Crippen molar-refractivity contribution in [1.82, 2.24) is 5.01 Å². The molecular formula is C23H16BrClN2O3. The summed E-state index contributed by atoms with van der Waals surface area (Å²) in [6.45, 7) is 0.255. The summed E-state index contributed by atoms with van der Waals surface area (Å²) in [7, 11) is 0. The van der Waals surface area contributed by atoms with Gasteiger partial charge in [0.25, 0.3) is 0 Å². The van der Waals surface area contributed by atoms with Gasteiger partial charge >= 0.3 is 0 Å². The van der Waals surface area contributed by atoms with Gasteiger partial charge in [-0.15, -0.1) is 0 Å². The molecular weight excluding hydrogens is 468 g/mol. The summed E-state index contributed by atoms with van der Waals surface area (Å²) in [5.74, 6) is 2.36. The molecule has 0 radical (unpaired) electrons. The highest BCUT2D eigenvalue weighted by atomic mass is 79.9. The van der Waals surface area contributed by atoms with Gasteiger partial charge in [0, 0.05) is 32.6 Å². The van der Waals surface area contributed by atoms with Crippen molar-refractivity contribution in [3.05, 3.63) is 86.8 Å². The molecule has 0 saturated heterocycles. The highest BCUT2D eigenvalue weighted by molar-refractivity contribution is 9.10. The number of hydrogen-bond acceptors (Lipinski definition) is 5. The Labute approximate surface area is 186 Å². The lowest BCUT2D eigenvalue weighted by Gasteiger charge is -2.38. The predicted molar refractivity (Wildman–Crippen MR) is 117 cm³/mol. The van der Waals surface area contributed by atoms with Crippen LogP contribution in [0.25, 0.3) is 0 Å². The molecule has 3 aliphatic heterocycles. The molecule has 5 nitrogen and oxygen atoms in total. The van der Waals surface area contributed by atoms with Crippen LogP contribution >= 0.6 is 27.5 Å². The fourth-order valence-electron chi connectivity index (χ4n) is 4.16. The molecule has 3 aromatic carbocycles. The Hall–Kier alpha value is -2.70. The van der Waals surface area contributed by atoms with Gasteiger partial charge in [-0.1, -0.05) is 39.7 Å². The fourth-order valence-corrected chi connectivity index (χ4v) is 4.60. The van der Waals surface area contributed by atoms with E-state index < -0.39 is 0 Å². The third-order valence-corrected chi connectivity index (χ3v) is 6.38. The SMILES string of the molecule is Clc1ccc2c(c1)C1CC(c3ccc4c(c3)OCO4)=NN1C(c1ccc(Br)cc1)O2. The summed E-state index contributed by atoms with van der Waals surface area (Å²) in [6, 6.07) is 19.9. The maximum absolute atomic E-state index is 6.39. The van der Waals surface area contributed by atoms with Crippen LogP contribution in [0.1, 0.15) is 35.4 Å². The average Bonchev–Trinajstić information content (AvgIpc) is 3.41. The molecule has 0 aliphatic carbocycles. The number of benzene rings is 3. The normalized spacial score (nSPS) is 21.0. The van der Waals surface area contributed by atoms with Crippen molar-refractivity contribution in [2.24, 2.45) is 5.10 Å². The Bertz CT molecular complexity index is 1180. The number of hydrogen-bond donors (Lipinski definition) is 0. The topological polar surface area (TPSA) is 43.3 Å². The van der Waals surface area contributed by atoms with E-state index in [2.05, 4.69) is 28.1 Å². The summed E-state index contributed by atoms with van der Waals surface area (Å²) in [5.41, 5.74) is 4.10. The first kappa shape index (κ1) is 18.1. The average molecular weight is 484 g/mol. The van der Waals surface area contributed by atoms with Crippen LogP contribution in [0.2, 0.25) is 5.02 Å². The van der Waals surface area contributed by atoms with Gasteiger partial charge in [0.1, 0.15) is 5.75 Å². The largest absolute Gasteiger partial charge is 0.464 e. The van der Waals surface area contributed by atoms with Crippen LogP contribution in [-0.2, 0) is 0 Å². The van der Waals surface area contributed by atoms with Gasteiger partial charge in [0.2, 0.25) is 13.0 Å². The summed E-state index contributed by atoms with van der Waals surface area (Å²) in [4.78, 5) is 0. The van der Waals surface area contributed by atoms with Gasteiger partial charge in [-0.25, -0.2) is 5.01 Å². The van der Waals surface area contributed by atoms with Crippen molar-refractivity contribution in [2.45, 2.75) is 18.7 Å². The second-order valence-corrected chi connectivity index (χ2v) is 8.77. The molecule has 6 rings (SSSR count). The molecule has 2 atom stereocenters. The van der Waals surface area contributed by atoms with E-state index in [9.17, 15) is 0 Å². The van der Waals surface area contributed by atoms with Crippen LogP contribution in [0.3, 0.4) is 0 Å². The van der Waals surface area contributed by atoms with Crippen LogP contribution in [-0.4, -0.2) is 17.5 Å². The lowest BCUT2D eigenvalue weighted by Crippen LogP contribution is -2.33. The van der Waals surface area contributed by atoms with Gasteiger partial charge in [-0.2, -0.15) is 5.10 Å². The highest BCUT2D eigenvalue weighted by Gasteiger charge is 2.41. The Balaban J connectivity index is 1.43. The van der Waals surface area contributed by atoms with E-state index >= 15 is 0 Å². The molecule has 150 valence electrons. The first-order valence-corrected chi connectivity index (χ1v) is 10.8. The van der Waals surface area contributed by atoms with Crippen LogP contribution in [0.15, 0.2) is 70.2 Å².